The van der Waals surface area contributed by atoms with E-state index in [0.29, 0.717) is 19.5 Å². The number of carbonyl (C=O) groups excluding carboxylic acids is 1. The van der Waals surface area contributed by atoms with E-state index < -0.39 is 0 Å². The van der Waals surface area contributed by atoms with Crippen molar-refractivity contribution in [1.29, 1.82) is 0 Å². The Morgan fingerprint density at radius 1 is 0.840 bits per heavy atom. The van der Waals surface area contributed by atoms with Gasteiger partial charge in [-0.1, -0.05) is 60.7 Å². The van der Waals surface area contributed by atoms with Gasteiger partial charge in [0.15, 0.2) is 0 Å². The Bertz CT molecular complexity index is 725. The minimum atomic E-state index is 0.150. The topological polar surface area (TPSA) is 25.2 Å². The van der Waals surface area contributed by atoms with Crippen LogP contribution in [0.5, 0.6) is 0 Å². The van der Waals surface area contributed by atoms with Gasteiger partial charge in [-0.05, 0) is 30.2 Å². The number of hydrogen-bond acceptors (Lipinski definition) is 1. The first-order chi connectivity index (χ1) is 12.2. The van der Waals surface area contributed by atoms with Crippen LogP contribution in [0.2, 0.25) is 0 Å². The fourth-order valence-corrected chi connectivity index (χ4v) is 2.97. The highest BCUT2D eigenvalue weighted by atomic mass is 16.2. The van der Waals surface area contributed by atoms with Crippen LogP contribution in [0.4, 0.5) is 0 Å². The predicted molar refractivity (Wildman–Crippen MR) is 101 cm³/mol. The molecule has 0 N–H and O–H groups in total. The molecule has 128 valence electrons. The maximum absolute atomic E-state index is 13.0. The van der Waals surface area contributed by atoms with E-state index in [-0.39, 0.29) is 11.9 Å². The normalized spacial score (nSPS) is 11.9. The van der Waals surface area contributed by atoms with Crippen molar-refractivity contribution in [3.63, 3.8) is 0 Å². The third-order valence-corrected chi connectivity index (χ3v) is 4.39. The van der Waals surface area contributed by atoms with Crippen molar-refractivity contribution in [3.05, 3.63) is 96.3 Å². The molecule has 3 rings (SSSR count). The summed E-state index contributed by atoms with van der Waals surface area (Å²) in [4.78, 5) is 14.9. The average Bonchev–Trinajstić information content (AvgIpc) is 3.18. The molecule has 1 aromatic heterocycles. The van der Waals surface area contributed by atoms with Gasteiger partial charge in [-0.15, -0.1) is 0 Å². The lowest BCUT2D eigenvalue weighted by molar-refractivity contribution is -0.133. The van der Waals surface area contributed by atoms with Gasteiger partial charge in [-0.2, -0.15) is 0 Å². The predicted octanol–water partition coefficient (Wildman–Crippen LogP) is 4.67. The lowest BCUT2D eigenvalue weighted by atomic mass is 10.1. The van der Waals surface area contributed by atoms with Crippen molar-refractivity contribution >= 4 is 5.91 Å². The second-order valence-corrected chi connectivity index (χ2v) is 6.40. The lowest BCUT2D eigenvalue weighted by Gasteiger charge is -2.25. The van der Waals surface area contributed by atoms with E-state index in [1.165, 1.54) is 0 Å². The van der Waals surface area contributed by atoms with Crippen LogP contribution in [0.25, 0.3) is 0 Å². The van der Waals surface area contributed by atoms with E-state index in [9.17, 15) is 4.79 Å². The molecule has 0 aliphatic heterocycles. The first-order valence-corrected chi connectivity index (χ1v) is 8.70. The Morgan fingerprint density at radius 2 is 1.32 bits per heavy atom. The number of nitrogens with zero attached hydrogens (tertiary/aromatic N) is 2. The highest BCUT2D eigenvalue weighted by molar-refractivity contribution is 5.76. The van der Waals surface area contributed by atoms with Crippen molar-refractivity contribution in [2.24, 2.45) is 0 Å². The van der Waals surface area contributed by atoms with E-state index in [1.54, 1.807) is 0 Å². The summed E-state index contributed by atoms with van der Waals surface area (Å²) in [5.41, 5.74) is 2.31. The average molecular weight is 332 g/mol. The fourth-order valence-electron chi connectivity index (χ4n) is 2.97. The van der Waals surface area contributed by atoms with Gasteiger partial charge in [0.05, 0.1) is 0 Å². The largest absolute Gasteiger partial charge is 0.351 e. The van der Waals surface area contributed by atoms with Gasteiger partial charge < -0.3 is 9.47 Å². The molecule has 1 heterocycles. The van der Waals surface area contributed by atoms with Crippen LogP contribution in [-0.2, 0) is 17.9 Å². The van der Waals surface area contributed by atoms with E-state index in [2.05, 4.69) is 35.8 Å². The maximum atomic E-state index is 13.0. The summed E-state index contributed by atoms with van der Waals surface area (Å²) in [5, 5.41) is 0. The van der Waals surface area contributed by atoms with Crippen molar-refractivity contribution in [2.45, 2.75) is 32.5 Å². The second kappa shape index (κ2) is 8.34. The standard InChI is InChI=1S/C22H24N2O/c1-19(23-14-8-9-15-23)16-22(25)24(17-20-10-4-2-5-11-20)18-21-12-6-3-7-13-21/h2-15,19H,16-18H2,1H3. The first-order valence-electron chi connectivity index (χ1n) is 8.70. The van der Waals surface area contributed by atoms with Crippen LogP contribution in [0.1, 0.15) is 30.5 Å². The minimum Gasteiger partial charge on any atom is -0.351 e. The number of rotatable bonds is 7. The van der Waals surface area contributed by atoms with E-state index in [4.69, 9.17) is 0 Å². The molecule has 0 aliphatic rings. The maximum Gasteiger partial charge on any atom is 0.225 e. The molecule has 25 heavy (non-hydrogen) atoms. The Labute approximate surface area is 149 Å². The molecule has 0 aliphatic carbocycles. The summed E-state index contributed by atoms with van der Waals surface area (Å²) in [6.45, 7) is 3.35. The molecule has 3 aromatic rings. The molecule has 0 bridgehead atoms. The first kappa shape index (κ1) is 17.0. The van der Waals surface area contributed by atoms with Crippen LogP contribution >= 0.6 is 0 Å². The number of amides is 1. The molecule has 0 radical (unpaired) electrons. The van der Waals surface area contributed by atoms with Crippen molar-refractivity contribution in [2.75, 3.05) is 0 Å². The van der Waals surface area contributed by atoms with Gasteiger partial charge in [0, 0.05) is 37.9 Å². The van der Waals surface area contributed by atoms with Gasteiger partial charge in [0.2, 0.25) is 5.91 Å². The molecule has 1 unspecified atom stereocenters. The van der Waals surface area contributed by atoms with Crippen molar-refractivity contribution in [1.82, 2.24) is 9.47 Å². The monoisotopic (exact) mass is 332 g/mol. The van der Waals surface area contributed by atoms with Gasteiger partial charge in [0.1, 0.15) is 0 Å². The third kappa shape index (κ3) is 4.83. The summed E-state index contributed by atoms with van der Waals surface area (Å²) in [7, 11) is 0. The summed E-state index contributed by atoms with van der Waals surface area (Å²) in [6.07, 6.45) is 4.52. The molecule has 0 spiro atoms. The van der Waals surface area contributed by atoms with Crippen LogP contribution in [0.15, 0.2) is 85.2 Å². The van der Waals surface area contributed by atoms with E-state index >= 15 is 0 Å². The minimum absolute atomic E-state index is 0.150. The van der Waals surface area contributed by atoms with Crippen LogP contribution in [0, 0.1) is 0 Å². The summed E-state index contributed by atoms with van der Waals surface area (Å²) in [6, 6.07) is 24.5. The SMILES string of the molecule is CC(CC(=O)N(Cc1ccccc1)Cc1ccccc1)n1cccc1. The van der Waals surface area contributed by atoms with Crippen molar-refractivity contribution < 1.29 is 4.79 Å². The molecule has 0 saturated carbocycles. The smallest absolute Gasteiger partial charge is 0.225 e. The van der Waals surface area contributed by atoms with Gasteiger partial charge in [-0.3, -0.25) is 4.79 Å². The number of benzene rings is 2. The molecule has 1 amide bonds. The second-order valence-electron chi connectivity index (χ2n) is 6.40. The van der Waals surface area contributed by atoms with Gasteiger partial charge >= 0.3 is 0 Å². The molecule has 3 heteroatoms. The molecule has 2 aromatic carbocycles. The zero-order valence-corrected chi connectivity index (χ0v) is 14.6. The summed E-state index contributed by atoms with van der Waals surface area (Å²) < 4.78 is 2.08. The zero-order chi connectivity index (χ0) is 17.5. The van der Waals surface area contributed by atoms with Crippen LogP contribution < -0.4 is 0 Å². The van der Waals surface area contributed by atoms with E-state index in [0.717, 1.165) is 11.1 Å². The lowest BCUT2D eigenvalue weighted by Crippen LogP contribution is -2.31. The molecule has 3 nitrogen and oxygen atoms in total. The molecule has 1 atom stereocenters. The van der Waals surface area contributed by atoms with Crippen LogP contribution in [-0.4, -0.2) is 15.4 Å². The van der Waals surface area contributed by atoms with Gasteiger partial charge in [-0.25, -0.2) is 0 Å². The Hall–Kier alpha value is -2.81. The van der Waals surface area contributed by atoms with Crippen molar-refractivity contribution in [3.8, 4) is 0 Å². The van der Waals surface area contributed by atoms with Gasteiger partial charge in [0.25, 0.3) is 0 Å². The quantitative estimate of drug-likeness (QED) is 0.617. The Morgan fingerprint density at radius 3 is 1.80 bits per heavy atom. The fraction of sp³-hybridized carbons (Fsp3) is 0.227. The highest BCUT2D eigenvalue weighted by Gasteiger charge is 2.18. The Kier molecular flexibility index (Phi) is 5.68. The third-order valence-electron chi connectivity index (χ3n) is 4.39. The molecular weight excluding hydrogens is 308 g/mol. The Balaban J connectivity index is 1.73. The highest BCUT2D eigenvalue weighted by Crippen LogP contribution is 2.17. The number of carbonyl (C=O) groups is 1. The van der Waals surface area contributed by atoms with E-state index in [1.807, 2.05) is 65.8 Å². The van der Waals surface area contributed by atoms with Crippen LogP contribution in [0.3, 0.4) is 0 Å². The molecule has 0 fully saturated rings. The summed E-state index contributed by atoms with van der Waals surface area (Å²) in [5.74, 6) is 0.175. The number of aromatic nitrogens is 1. The summed E-state index contributed by atoms with van der Waals surface area (Å²) >= 11 is 0. The zero-order valence-electron chi connectivity index (χ0n) is 14.6. The molecule has 0 saturated heterocycles. The number of hydrogen-bond donors (Lipinski definition) is 0. The molecular formula is C22H24N2O.